The van der Waals surface area contributed by atoms with Crippen molar-refractivity contribution < 1.29 is 19.1 Å². The van der Waals surface area contributed by atoms with Gasteiger partial charge in [-0.15, -0.1) is 0 Å². The second kappa shape index (κ2) is 7.65. The number of benzene rings is 2. The number of nitrogens with one attached hydrogen (secondary N) is 2. The second-order valence-electron chi connectivity index (χ2n) is 4.34. The van der Waals surface area contributed by atoms with Gasteiger partial charge in [-0.1, -0.05) is 28.1 Å². The molecule has 0 aliphatic heterocycles. The van der Waals surface area contributed by atoms with Crippen LogP contribution in [0.1, 0.15) is 6.92 Å². The van der Waals surface area contributed by atoms with Gasteiger partial charge >= 0.3 is 6.09 Å². The Bertz CT molecular complexity index is 690. The molecule has 0 aliphatic rings. The Hall–Kier alpha value is -2.28. The summed E-state index contributed by atoms with van der Waals surface area (Å²) in [4.78, 5) is 22.5. The number of hydrazine groups is 1. The van der Waals surface area contributed by atoms with E-state index in [0.717, 1.165) is 15.2 Å². The highest BCUT2D eigenvalue weighted by atomic mass is 79.9. The Kier molecular flexibility index (Phi) is 5.60. The van der Waals surface area contributed by atoms with E-state index in [1.807, 2.05) is 30.3 Å². The number of hydrogen-bond acceptors (Lipinski definition) is 4. The van der Waals surface area contributed by atoms with Crippen molar-refractivity contribution >= 4 is 38.7 Å². The first kappa shape index (κ1) is 16.1. The fourth-order valence-corrected chi connectivity index (χ4v) is 2.14. The molecule has 0 unspecified atom stereocenters. The summed E-state index contributed by atoms with van der Waals surface area (Å²) in [6.45, 7) is 1.68. The lowest BCUT2D eigenvalue weighted by molar-refractivity contribution is -0.123. The molecule has 7 heteroatoms. The van der Waals surface area contributed by atoms with E-state index in [-0.39, 0.29) is 13.2 Å². The first-order chi connectivity index (χ1) is 10.6. The number of carbonyl (C=O) groups is 2. The molecular formula is C15H15BrN2O4. The molecular weight excluding hydrogens is 352 g/mol. The molecule has 2 aromatic rings. The van der Waals surface area contributed by atoms with Gasteiger partial charge in [-0.25, -0.2) is 10.2 Å². The van der Waals surface area contributed by atoms with E-state index in [1.165, 1.54) is 0 Å². The summed E-state index contributed by atoms with van der Waals surface area (Å²) in [7, 11) is 0. The number of halogens is 1. The summed E-state index contributed by atoms with van der Waals surface area (Å²) in [5.74, 6) is 0.0880. The van der Waals surface area contributed by atoms with Crippen molar-refractivity contribution in [2.24, 2.45) is 0 Å². The van der Waals surface area contributed by atoms with Gasteiger partial charge in [0.1, 0.15) is 5.75 Å². The molecule has 0 heterocycles. The van der Waals surface area contributed by atoms with Crippen molar-refractivity contribution in [2.45, 2.75) is 6.92 Å². The molecule has 0 saturated heterocycles. The average molecular weight is 367 g/mol. The highest BCUT2D eigenvalue weighted by Crippen LogP contribution is 2.23. The van der Waals surface area contributed by atoms with E-state index in [0.29, 0.717) is 5.75 Å². The molecule has 2 amide bonds. The Balaban J connectivity index is 1.87. The van der Waals surface area contributed by atoms with Gasteiger partial charge in [0.15, 0.2) is 6.61 Å². The normalized spacial score (nSPS) is 10.1. The van der Waals surface area contributed by atoms with Crippen LogP contribution in [0.5, 0.6) is 5.75 Å². The van der Waals surface area contributed by atoms with Crippen LogP contribution in [-0.4, -0.2) is 25.2 Å². The van der Waals surface area contributed by atoms with E-state index in [1.54, 1.807) is 13.0 Å². The molecule has 0 saturated carbocycles. The molecule has 2 N–H and O–H groups in total. The van der Waals surface area contributed by atoms with Crippen LogP contribution in [0, 0.1) is 0 Å². The average Bonchev–Trinajstić information content (AvgIpc) is 2.51. The maximum Gasteiger partial charge on any atom is 0.426 e. The highest BCUT2D eigenvalue weighted by molar-refractivity contribution is 9.10. The van der Waals surface area contributed by atoms with Gasteiger partial charge in [-0.05, 0) is 42.0 Å². The topological polar surface area (TPSA) is 76.7 Å². The lowest BCUT2D eigenvalue weighted by Crippen LogP contribution is -2.44. The Labute approximate surface area is 135 Å². The van der Waals surface area contributed by atoms with Crippen molar-refractivity contribution in [1.29, 1.82) is 0 Å². The third-order valence-corrected chi connectivity index (χ3v) is 3.22. The molecule has 116 valence electrons. The minimum atomic E-state index is -0.716. The summed E-state index contributed by atoms with van der Waals surface area (Å²) in [5.41, 5.74) is 4.30. The van der Waals surface area contributed by atoms with Crippen LogP contribution < -0.4 is 15.6 Å². The molecule has 2 aromatic carbocycles. The van der Waals surface area contributed by atoms with Gasteiger partial charge in [-0.2, -0.15) is 0 Å². The Morgan fingerprint density at radius 2 is 1.82 bits per heavy atom. The molecule has 0 spiro atoms. The number of carbonyl (C=O) groups excluding carboxylic acids is 2. The van der Waals surface area contributed by atoms with Gasteiger partial charge in [0, 0.05) is 4.47 Å². The largest absolute Gasteiger partial charge is 0.484 e. The Morgan fingerprint density at radius 3 is 2.59 bits per heavy atom. The summed E-state index contributed by atoms with van der Waals surface area (Å²) < 4.78 is 11.0. The zero-order chi connectivity index (χ0) is 15.9. The van der Waals surface area contributed by atoms with E-state index >= 15 is 0 Å². The first-order valence-electron chi connectivity index (χ1n) is 6.62. The van der Waals surface area contributed by atoms with E-state index in [2.05, 4.69) is 31.5 Å². The molecule has 22 heavy (non-hydrogen) atoms. The van der Waals surface area contributed by atoms with Crippen LogP contribution in [0.3, 0.4) is 0 Å². The third-order valence-electron chi connectivity index (χ3n) is 2.72. The third kappa shape index (κ3) is 4.63. The predicted molar refractivity (Wildman–Crippen MR) is 85.4 cm³/mol. The van der Waals surface area contributed by atoms with Crippen LogP contribution >= 0.6 is 15.9 Å². The van der Waals surface area contributed by atoms with Gasteiger partial charge < -0.3 is 9.47 Å². The van der Waals surface area contributed by atoms with Crippen LogP contribution in [-0.2, 0) is 9.53 Å². The van der Waals surface area contributed by atoms with Gasteiger partial charge in [0.05, 0.1) is 6.61 Å². The van der Waals surface area contributed by atoms with Crippen LogP contribution in [0.4, 0.5) is 4.79 Å². The van der Waals surface area contributed by atoms with Gasteiger partial charge in [0.2, 0.25) is 0 Å². The first-order valence-corrected chi connectivity index (χ1v) is 7.41. The molecule has 6 nitrogen and oxygen atoms in total. The van der Waals surface area contributed by atoms with Crippen LogP contribution in [0.2, 0.25) is 0 Å². The van der Waals surface area contributed by atoms with E-state index in [4.69, 9.17) is 4.74 Å². The van der Waals surface area contributed by atoms with Crippen molar-refractivity contribution in [1.82, 2.24) is 10.9 Å². The van der Waals surface area contributed by atoms with Gasteiger partial charge in [-0.3, -0.25) is 10.2 Å². The lowest BCUT2D eigenvalue weighted by atomic mass is 10.1. The second-order valence-corrected chi connectivity index (χ2v) is 5.25. The molecule has 0 bridgehead atoms. The number of ether oxygens (including phenoxy) is 2. The number of hydrogen-bond donors (Lipinski definition) is 2. The zero-order valence-electron chi connectivity index (χ0n) is 11.9. The number of fused-ring (bicyclic) bond motifs is 1. The predicted octanol–water partition coefficient (Wildman–Crippen LogP) is 2.76. The van der Waals surface area contributed by atoms with Crippen molar-refractivity contribution in [3.8, 4) is 5.75 Å². The zero-order valence-corrected chi connectivity index (χ0v) is 13.5. The molecule has 0 aromatic heterocycles. The van der Waals surface area contributed by atoms with Crippen molar-refractivity contribution in [3.63, 3.8) is 0 Å². The quantitative estimate of drug-likeness (QED) is 0.815. The smallest absolute Gasteiger partial charge is 0.426 e. The standard InChI is InChI=1S/C15H15BrN2O4/c1-2-21-15(20)18-17-14(19)9-22-13-6-4-10-7-12(16)5-3-11(10)8-13/h3-8H,2,9H2,1H3,(H,17,19)(H,18,20). The summed E-state index contributed by atoms with van der Waals surface area (Å²) in [6, 6.07) is 11.4. The van der Waals surface area contributed by atoms with E-state index in [9.17, 15) is 9.59 Å². The molecule has 0 fully saturated rings. The summed E-state index contributed by atoms with van der Waals surface area (Å²) >= 11 is 3.41. The van der Waals surface area contributed by atoms with E-state index < -0.39 is 12.0 Å². The monoisotopic (exact) mass is 366 g/mol. The van der Waals surface area contributed by atoms with Crippen LogP contribution in [0.25, 0.3) is 10.8 Å². The summed E-state index contributed by atoms with van der Waals surface area (Å²) in [5, 5.41) is 2.07. The maximum atomic E-state index is 11.5. The highest BCUT2D eigenvalue weighted by Gasteiger charge is 2.06. The maximum absolute atomic E-state index is 11.5. The SMILES string of the molecule is CCOC(=O)NNC(=O)COc1ccc2cc(Br)ccc2c1. The Morgan fingerprint density at radius 1 is 1.09 bits per heavy atom. The van der Waals surface area contributed by atoms with Crippen molar-refractivity contribution in [3.05, 3.63) is 40.9 Å². The number of amides is 2. The molecule has 0 radical (unpaired) electrons. The number of rotatable bonds is 4. The minimum absolute atomic E-state index is 0.214. The van der Waals surface area contributed by atoms with Crippen LogP contribution in [0.15, 0.2) is 40.9 Å². The van der Waals surface area contributed by atoms with Crippen molar-refractivity contribution in [2.75, 3.05) is 13.2 Å². The molecule has 0 aliphatic carbocycles. The fourth-order valence-electron chi connectivity index (χ4n) is 1.76. The fraction of sp³-hybridized carbons (Fsp3) is 0.200. The summed E-state index contributed by atoms with van der Waals surface area (Å²) in [6.07, 6.45) is -0.716. The van der Waals surface area contributed by atoms with Gasteiger partial charge in [0.25, 0.3) is 5.91 Å². The molecule has 2 rings (SSSR count). The lowest BCUT2D eigenvalue weighted by Gasteiger charge is -2.09. The minimum Gasteiger partial charge on any atom is -0.484 e. The molecule has 0 atom stereocenters.